The van der Waals surface area contributed by atoms with E-state index in [4.69, 9.17) is 11.6 Å². The number of benzene rings is 3. The smallest absolute Gasteiger partial charge is 0.228 e. The maximum atomic E-state index is 13.0. The van der Waals surface area contributed by atoms with Crippen LogP contribution in [0.3, 0.4) is 0 Å². The number of hydrogen-bond donors (Lipinski definition) is 1. The van der Waals surface area contributed by atoms with Crippen molar-refractivity contribution in [3.05, 3.63) is 93.6 Å². The molecule has 0 saturated heterocycles. The number of anilines is 1. The van der Waals surface area contributed by atoms with Crippen LogP contribution in [-0.2, 0) is 11.2 Å². The fourth-order valence-corrected chi connectivity index (χ4v) is 4.35. The van der Waals surface area contributed by atoms with E-state index in [0.29, 0.717) is 17.1 Å². The monoisotopic (exact) mass is 428 g/mol. The first-order chi connectivity index (χ1) is 14.8. The second-order valence-electron chi connectivity index (χ2n) is 8.16. The van der Waals surface area contributed by atoms with E-state index in [1.54, 1.807) is 6.20 Å². The second kappa shape index (κ2) is 8.52. The van der Waals surface area contributed by atoms with Crippen LogP contribution in [0, 0.1) is 27.7 Å². The van der Waals surface area contributed by atoms with Crippen molar-refractivity contribution in [2.75, 3.05) is 5.32 Å². The molecule has 1 N–H and O–H groups in total. The minimum atomic E-state index is -0.0780. The Balaban J connectivity index is 1.81. The standard InChI is InChI=1S/C27H25ClN2O/c1-16-9-10-20(18(3)11-16)14-25(31)30-24-15-29-27-19(4)12-17(2)13-22(27)26(24)21-7-5-6-8-23(21)28/h5-13,15H,14H2,1-4H3,(H,30,31). The van der Waals surface area contributed by atoms with Gasteiger partial charge in [0.1, 0.15) is 0 Å². The minimum absolute atomic E-state index is 0.0780. The van der Waals surface area contributed by atoms with Crippen molar-refractivity contribution >= 4 is 34.1 Å². The van der Waals surface area contributed by atoms with Gasteiger partial charge in [0.15, 0.2) is 0 Å². The molecule has 1 heterocycles. The number of fused-ring (bicyclic) bond motifs is 1. The molecule has 156 valence electrons. The van der Waals surface area contributed by atoms with Crippen LogP contribution < -0.4 is 5.32 Å². The van der Waals surface area contributed by atoms with Crippen molar-refractivity contribution in [2.24, 2.45) is 0 Å². The van der Waals surface area contributed by atoms with Crippen LogP contribution in [0.1, 0.15) is 27.8 Å². The summed E-state index contributed by atoms with van der Waals surface area (Å²) >= 11 is 6.58. The molecule has 0 saturated carbocycles. The van der Waals surface area contributed by atoms with Gasteiger partial charge in [0.25, 0.3) is 0 Å². The number of rotatable bonds is 4. The highest BCUT2D eigenvalue weighted by molar-refractivity contribution is 6.34. The van der Waals surface area contributed by atoms with E-state index >= 15 is 0 Å². The van der Waals surface area contributed by atoms with Gasteiger partial charge in [-0.25, -0.2) is 0 Å². The molecule has 3 aromatic carbocycles. The first-order valence-corrected chi connectivity index (χ1v) is 10.7. The molecule has 0 unspecified atom stereocenters. The van der Waals surface area contributed by atoms with Gasteiger partial charge in [0.05, 0.1) is 23.8 Å². The van der Waals surface area contributed by atoms with Crippen LogP contribution in [0.15, 0.2) is 60.8 Å². The predicted octanol–water partition coefficient (Wildman–Crippen LogP) is 6.97. The van der Waals surface area contributed by atoms with Crippen LogP contribution in [0.25, 0.3) is 22.0 Å². The molecular weight excluding hydrogens is 404 g/mol. The van der Waals surface area contributed by atoms with Crippen molar-refractivity contribution in [1.29, 1.82) is 0 Å². The SMILES string of the molecule is Cc1ccc(CC(=O)Nc2cnc3c(C)cc(C)cc3c2-c2ccccc2Cl)c(C)c1. The zero-order chi connectivity index (χ0) is 22.1. The Labute approximate surface area is 188 Å². The van der Waals surface area contributed by atoms with Crippen LogP contribution in [-0.4, -0.2) is 10.9 Å². The predicted molar refractivity (Wildman–Crippen MR) is 130 cm³/mol. The highest BCUT2D eigenvalue weighted by atomic mass is 35.5. The highest BCUT2D eigenvalue weighted by Crippen LogP contribution is 2.39. The topological polar surface area (TPSA) is 42.0 Å². The Morgan fingerprint density at radius 3 is 2.42 bits per heavy atom. The molecule has 0 aliphatic carbocycles. The van der Waals surface area contributed by atoms with Crippen molar-refractivity contribution in [1.82, 2.24) is 4.98 Å². The lowest BCUT2D eigenvalue weighted by molar-refractivity contribution is -0.115. The number of halogens is 1. The second-order valence-corrected chi connectivity index (χ2v) is 8.57. The van der Waals surface area contributed by atoms with Crippen molar-refractivity contribution < 1.29 is 4.79 Å². The maximum absolute atomic E-state index is 13.0. The zero-order valence-electron chi connectivity index (χ0n) is 18.2. The van der Waals surface area contributed by atoms with E-state index < -0.39 is 0 Å². The highest BCUT2D eigenvalue weighted by Gasteiger charge is 2.17. The number of hydrogen-bond acceptors (Lipinski definition) is 2. The van der Waals surface area contributed by atoms with Gasteiger partial charge in [-0.15, -0.1) is 0 Å². The van der Waals surface area contributed by atoms with Gasteiger partial charge in [-0.3, -0.25) is 9.78 Å². The molecule has 31 heavy (non-hydrogen) atoms. The number of nitrogens with one attached hydrogen (secondary N) is 1. The van der Waals surface area contributed by atoms with Gasteiger partial charge < -0.3 is 5.32 Å². The molecule has 4 rings (SSSR count). The lowest BCUT2D eigenvalue weighted by Crippen LogP contribution is -2.16. The molecular formula is C27H25ClN2O. The van der Waals surface area contributed by atoms with Gasteiger partial charge in [-0.05, 0) is 56.5 Å². The number of aromatic nitrogens is 1. The Morgan fingerprint density at radius 1 is 0.935 bits per heavy atom. The van der Waals surface area contributed by atoms with Crippen molar-refractivity contribution in [3.8, 4) is 11.1 Å². The van der Waals surface area contributed by atoms with Gasteiger partial charge in [0, 0.05) is 21.5 Å². The molecule has 0 fully saturated rings. The number of carbonyl (C=O) groups is 1. The number of aryl methyl sites for hydroxylation is 4. The van der Waals surface area contributed by atoms with Crippen molar-refractivity contribution in [2.45, 2.75) is 34.1 Å². The molecule has 0 atom stereocenters. The number of carbonyl (C=O) groups excluding carboxylic acids is 1. The fourth-order valence-electron chi connectivity index (χ4n) is 4.12. The molecule has 0 bridgehead atoms. The van der Waals surface area contributed by atoms with E-state index in [-0.39, 0.29) is 5.91 Å². The molecule has 4 aromatic rings. The van der Waals surface area contributed by atoms with Crippen LogP contribution in [0.5, 0.6) is 0 Å². The van der Waals surface area contributed by atoms with Crippen molar-refractivity contribution in [3.63, 3.8) is 0 Å². The summed E-state index contributed by atoms with van der Waals surface area (Å²) in [5.74, 6) is -0.0780. The van der Waals surface area contributed by atoms with Crippen LogP contribution in [0.4, 0.5) is 5.69 Å². The third-order valence-electron chi connectivity index (χ3n) is 5.57. The maximum Gasteiger partial charge on any atom is 0.228 e. The normalized spacial score (nSPS) is 11.0. The summed E-state index contributed by atoms with van der Waals surface area (Å²) in [6, 6.07) is 18.1. The van der Waals surface area contributed by atoms with E-state index in [1.165, 1.54) is 5.56 Å². The van der Waals surface area contributed by atoms with Crippen LogP contribution >= 0.6 is 11.6 Å². The Hall–Kier alpha value is -3.17. The Kier molecular flexibility index (Phi) is 5.79. The minimum Gasteiger partial charge on any atom is -0.324 e. The summed E-state index contributed by atoms with van der Waals surface area (Å²) in [6.07, 6.45) is 2.04. The summed E-state index contributed by atoms with van der Waals surface area (Å²) in [6.45, 7) is 8.21. The van der Waals surface area contributed by atoms with E-state index in [0.717, 1.165) is 44.3 Å². The summed E-state index contributed by atoms with van der Waals surface area (Å²) in [7, 11) is 0. The summed E-state index contributed by atoms with van der Waals surface area (Å²) < 4.78 is 0. The molecule has 1 aromatic heterocycles. The van der Waals surface area contributed by atoms with Gasteiger partial charge in [0.2, 0.25) is 5.91 Å². The average molecular weight is 429 g/mol. The molecule has 0 aliphatic rings. The Bertz CT molecular complexity index is 1310. The average Bonchev–Trinajstić information content (AvgIpc) is 2.70. The third-order valence-corrected chi connectivity index (χ3v) is 5.90. The Morgan fingerprint density at radius 2 is 1.68 bits per heavy atom. The summed E-state index contributed by atoms with van der Waals surface area (Å²) in [5.41, 5.74) is 8.91. The first-order valence-electron chi connectivity index (χ1n) is 10.3. The molecule has 4 heteroatoms. The summed E-state index contributed by atoms with van der Waals surface area (Å²) in [5, 5.41) is 4.72. The van der Waals surface area contributed by atoms with E-state index in [1.807, 2.05) is 43.3 Å². The zero-order valence-corrected chi connectivity index (χ0v) is 19.0. The molecule has 3 nitrogen and oxygen atoms in total. The van der Waals surface area contributed by atoms with Gasteiger partial charge >= 0.3 is 0 Å². The lowest BCUT2D eigenvalue weighted by atomic mass is 9.96. The number of pyridine rings is 1. The first kappa shape index (κ1) is 21.1. The number of amides is 1. The van der Waals surface area contributed by atoms with Crippen LogP contribution in [0.2, 0.25) is 5.02 Å². The molecule has 0 aliphatic heterocycles. The largest absolute Gasteiger partial charge is 0.324 e. The molecule has 1 amide bonds. The fraction of sp³-hybridized carbons (Fsp3) is 0.185. The van der Waals surface area contributed by atoms with Gasteiger partial charge in [-0.1, -0.05) is 65.2 Å². The molecule has 0 spiro atoms. The van der Waals surface area contributed by atoms with E-state index in [2.05, 4.69) is 49.3 Å². The quantitative estimate of drug-likeness (QED) is 0.381. The molecule has 0 radical (unpaired) electrons. The summed E-state index contributed by atoms with van der Waals surface area (Å²) in [4.78, 5) is 17.7. The van der Waals surface area contributed by atoms with E-state index in [9.17, 15) is 4.79 Å². The van der Waals surface area contributed by atoms with Gasteiger partial charge in [-0.2, -0.15) is 0 Å². The third kappa shape index (κ3) is 4.33. The lowest BCUT2D eigenvalue weighted by Gasteiger charge is -2.17. The number of nitrogens with zero attached hydrogens (tertiary/aromatic N) is 1.